The van der Waals surface area contributed by atoms with Gasteiger partial charge in [-0.2, -0.15) is 5.26 Å². The van der Waals surface area contributed by atoms with Crippen LogP contribution >= 0.6 is 0 Å². The molecule has 0 aromatic heterocycles. The molecule has 1 amide bonds. The van der Waals surface area contributed by atoms with Gasteiger partial charge in [0.25, 0.3) is 0 Å². The topological polar surface area (TPSA) is 70.4 Å². The van der Waals surface area contributed by atoms with Gasteiger partial charge in [0.1, 0.15) is 12.0 Å². The molecular formula is C16H18N2O3. The van der Waals surface area contributed by atoms with Crippen molar-refractivity contribution in [1.82, 2.24) is 4.90 Å². The average molecular weight is 286 g/mol. The number of nitriles is 1. The lowest BCUT2D eigenvalue weighted by atomic mass is 9.78. The van der Waals surface area contributed by atoms with Gasteiger partial charge in [0.15, 0.2) is 5.78 Å². The van der Waals surface area contributed by atoms with E-state index < -0.39 is 11.5 Å². The number of amides is 1. The van der Waals surface area contributed by atoms with E-state index in [4.69, 9.17) is 4.74 Å². The molecule has 0 N–H and O–H groups in total. The molecule has 1 saturated heterocycles. The molecule has 1 aliphatic heterocycles. The SMILES string of the molecule is CC(=O)C1(C#N)CCCN(C(=O)OCc2ccccc2)C1. The highest BCUT2D eigenvalue weighted by atomic mass is 16.6. The summed E-state index contributed by atoms with van der Waals surface area (Å²) in [7, 11) is 0. The van der Waals surface area contributed by atoms with Gasteiger partial charge < -0.3 is 9.64 Å². The van der Waals surface area contributed by atoms with Crippen LogP contribution in [-0.2, 0) is 16.1 Å². The monoisotopic (exact) mass is 286 g/mol. The van der Waals surface area contributed by atoms with Crippen LogP contribution in [0.15, 0.2) is 30.3 Å². The van der Waals surface area contributed by atoms with E-state index in [1.807, 2.05) is 30.3 Å². The summed E-state index contributed by atoms with van der Waals surface area (Å²) in [6.07, 6.45) is 0.661. The van der Waals surface area contributed by atoms with Gasteiger partial charge >= 0.3 is 6.09 Å². The Morgan fingerprint density at radius 2 is 2.10 bits per heavy atom. The number of rotatable bonds is 3. The van der Waals surface area contributed by atoms with E-state index in [0.29, 0.717) is 19.4 Å². The Balaban J connectivity index is 1.97. The third-order valence-corrected chi connectivity index (χ3v) is 3.84. The van der Waals surface area contributed by atoms with Crippen molar-refractivity contribution >= 4 is 11.9 Å². The molecule has 21 heavy (non-hydrogen) atoms. The van der Waals surface area contributed by atoms with E-state index in [9.17, 15) is 14.9 Å². The number of likely N-dealkylation sites (tertiary alicyclic amines) is 1. The largest absolute Gasteiger partial charge is 0.445 e. The molecule has 110 valence electrons. The van der Waals surface area contributed by atoms with Gasteiger partial charge in [0.05, 0.1) is 6.07 Å². The van der Waals surface area contributed by atoms with Gasteiger partial charge in [-0.3, -0.25) is 4.79 Å². The van der Waals surface area contributed by atoms with E-state index in [1.165, 1.54) is 11.8 Å². The van der Waals surface area contributed by atoms with Crippen molar-refractivity contribution in [2.45, 2.75) is 26.4 Å². The Hall–Kier alpha value is -2.35. The zero-order valence-electron chi connectivity index (χ0n) is 12.0. The molecule has 0 bridgehead atoms. The summed E-state index contributed by atoms with van der Waals surface area (Å²) >= 11 is 0. The number of hydrogen-bond donors (Lipinski definition) is 0. The lowest BCUT2D eigenvalue weighted by Gasteiger charge is -2.35. The van der Waals surface area contributed by atoms with Gasteiger partial charge in [0, 0.05) is 13.1 Å². The van der Waals surface area contributed by atoms with Crippen LogP contribution < -0.4 is 0 Å². The third kappa shape index (κ3) is 3.40. The molecule has 1 aromatic carbocycles. The molecule has 2 rings (SSSR count). The van der Waals surface area contributed by atoms with E-state index in [0.717, 1.165) is 5.56 Å². The highest BCUT2D eigenvalue weighted by molar-refractivity contribution is 5.86. The smallest absolute Gasteiger partial charge is 0.410 e. The normalized spacial score (nSPS) is 21.4. The number of carbonyl (C=O) groups is 2. The standard InChI is InChI=1S/C16H18N2O3/c1-13(19)16(11-17)8-5-9-18(12-16)15(20)21-10-14-6-3-2-4-7-14/h2-4,6-7H,5,8-10,12H2,1H3. The van der Waals surface area contributed by atoms with Crippen molar-refractivity contribution in [3.8, 4) is 6.07 Å². The predicted molar refractivity (Wildman–Crippen MR) is 76.2 cm³/mol. The molecule has 0 spiro atoms. The van der Waals surface area contributed by atoms with Crippen LogP contribution in [0.2, 0.25) is 0 Å². The van der Waals surface area contributed by atoms with Crippen LogP contribution in [0.3, 0.4) is 0 Å². The molecule has 1 fully saturated rings. The Kier molecular flexibility index (Phi) is 4.59. The summed E-state index contributed by atoms with van der Waals surface area (Å²) in [4.78, 5) is 25.2. The van der Waals surface area contributed by atoms with Crippen LogP contribution in [0, 0.1) is 16.7 Å². The van der Waals surface area contributed by atoms with Crippen molar-refractivity contribution in [3.05, 3.63) is 35.9 Å². The summed E-state index contributed by atoms with van der Waals surface area (Å²) in [5.41, 5.74) is -0.176. The fraction of sp³-hybridized carbons (Fsp3) is 0.438. The maximum atomic E-state index is 12.1. The van der Waals surface area contributed by atoms with Crippen LogP contribution in [0.5, 0.6) is 0 Å². The fourth-order valence-corrected chi connectivity index (χ4v) is 2.48. The number of Topliss-reactive ketones (excluding diaryl/α,β-unsaturated/α-hetero) is 1. The first-order valence-electron chi connectivity index (χ1n) is 6.95. The Labute approximate surface area is 124 Å². The second-order valence-electron chi connectivity index (χ2n) is 5.32. The van der Waals surface area contributed by atoms with Gasteiger partial charge in [-0.05, 0) is 25.3 Å². The summed E-state index contributed by atoms with van der Waals surface area (Å²) in [5, 5.41) is 9.27. The van der Waals surface area contributed by atoms with E-state index in [1.54, 1.807) is 0 Å². The molecule has 0 radical (unpaired) electrons. The minimum absolute atomic E-state index is 0.118. The summed E-state index contributed by atoms with van der Waals surface area (Å²) < 4.78 is 5.25. The summed E-state index contributed by atoms with van der Waals surface area (Å²) in [5.74, 6) is -0.189. The van der Waals surface area contributed by atoms with Crippen molar-refractivity contribution in [3.63, 3.8) is 0 Å². The lowest BCUT2D eigenvalue weighted by molar-refractivity contribution is -0.125. The zero-order chi connectivity index (χ0) is 15.3. The van der Waals surface area contributed by atoms with Crippen LogP contribution in [0.25, 0.3) is 0 Å². The van der Waals surface area contributed by atoms with Gasteiger partial charge in [-0.25, -0.2) is 4.79 Å². The second kappa shape index (κ2) is 6.40. The Morgan fingerprint density at radius 1 is 1.38 bits per heavy atom. The summed E-state index contributed by atoms with van der Waals surface area (Å²) in [6.45, 7) is 2.23. The second-order valence-corrected chi connectivity index (χ2v) is 5.32. The van der Waals surface area contributed by atoms with Crippen LogP contribution in [-0.4, -0.2) is 29.9 Å². The molecule has 1 aromatic rings. The third-order valence-electron chi connectivity index (χ3n) is 3.84. The number of nitrogens with zero attached hydrogens (tertiary/aromatic N) is 2. The first-order valence-corrected chi connectivity index (χ1v) is 6.95. The fourth-order valence-electron chi connectivity index (χ4n) is 2.48. The highest BCUT2D eigenvalue weighted by Crippen LogP contribution is 2.30. The number of benzene rings is 1. The van der Waals surface area contributed by atoms with Gasteiger partial charge in [0.2, 0.25) is 0 Å². The molecule has 5 nitrogen and oxygen atoms in total. The number of ketones is 1. The molecule has 5 heteroatoms. The van der Waals surface area contributed by atoms with E-state index >= 15 is 0 Å². The minimum Gasteiger partial charge on any atom is -0.445 e. The van der Waals surface area contributed by atoms with Gasteiger partial charge in [-0.1, -0.05) is 30.3 Å². The van der Waals surface area contributed by atoms with Crippen LogP contribution in [0.1, 0.15) is 25.3 Å². The zero-order valence-corrected chi connectivity index (χ0v) is 12.0. The molecule has 1 aliphatic rings. The maximum absolute atomic E-state index is 12.1. The maximum Gasteiger partial charge on any atom is 0.410 e. The molecule has 0 aliphatic carbocycles. The van der Waals surface area contributed by atoms with Crippen molar-refractivity contribution in [1.29, 1.82) is 5.26 Å². The number of hydrogen-bond acceptors (Lipinski definition) is 4. The Morgan fingerprint density at radius 3 is 2.71 bits per heavy atom. The highest BCUT2D eigenvalue weighted by Gasteiger charge is 2.41. The Bertz CT molecular complexity index is 565. The number of carbonyl (C=O) groups excluding carboxylic acids is 2. The molecule has 0 saturated carbocycles. The van der Waals surface area contributed by atoms with Gasteiger partial charge in [-0.15, -0.1) is 0 Å². The van der Waals surface area contributed by atoms with E-state index in [-0.39, 0.29) is 18.9 Å². The molecule has 1 unspecified atom stereocenters. The predicted octanol–water partition coefficient (Wildman–Crippen LogP) is 2.52. The van der Waals surface area contributed by atoms with Crippen molar-refractivity contribution < 1.29 is 14.3 Å². The summed E-state index contributed by atoms with van der Waals surface area (Å²) in [6, 6.07) is 11.5. The van der Waals surface area contributed by atoms with Crippen LogP contribution in [0.4, 0.5) is 4.79 Å². The van der Waals surface area contributed by atoms with E-state index in [2.05, 4.69) is 6.07 Å². The molecule has 1 atom stereocenters. The first-order chi connectivity index (χ1) is 10.1. The average Bonchev–Trinajstić information content (AvgIpc) is 2.53. The molecule has 1 heterocycles. The number of piperidine rings is 1. The molecular weight excluding hydrogens is 268 g/mol. The lowest BCUT2D eigenvalue weighted by Crippen LogP contribution is -2.48. The quantitative estimate of drug-likeness (QED) is 0.856. The van der Waals surface area contributed by atoms with Crippen molar-refractivity contribution in [2.24, 2.45) is 5.41 Å². The number of ether oxygens (including phenoxy) is 1. The first kappa shape index (κ1) is 15.0. The minimum atomic E-state index is -1.08. The van der Waals surface area contributed by atoms with Crippen molar-refractivity contribution in [2.75, 3.05) is 13.1 Å².